The summed E-state index contributed by atoms with van der Waals surface area (Å²) in [5.41, 5.74) is 2.53. The van der Waals surface area contributed by atoms with Crippen molar-refractivity contribution in [3.05, 3.63) is 58.4 Å². The molecule has 1 aromatic heterocycles. The van der Waals surface area contributed by atoms with Gasteiger partial charge in [-0.3, -0.25) is 4.98 Å². The first kappa shape index (κ1) is 15.3. The molecule has 21 heavy (non-hydrogen) atoms. The molecule has 5 heteroatoms. The van der Waals surface area contributed by atoms with Gasteiger partial charge in [0, 0.05) is 24.0 Å². The van der Waals surface area contributed by atoms with E-state index in [1.54, 1.807) is 6.07 Å². The number of pyridine rings is 1. The SMILES string of the molecule is Cc1cc(N(C)C(C)c2ccccc2Cl)c(C(=O)O)cn1. The highest BCUT2D eigenvalue weighted by atomic mass is 35.5. The number of nitrogens with zero attached hydrogens (tertiary/aromatic N) is 2. The number of hydrogen-bond acceptors (Lipinski definition) is 3. The van der Waals surface area contributed by atoms with Gasteiger partial charge < -0.3 is 10.0 Å². The molecule has 110 valence electrons. The maximum atomic E-state index is 11.4. The molecule has 1 heterocycles. The molecule has 1 unspecified atom stereocenters. The van der Waals surface area contributed by atoms with Crippen LogP contribution in [0.25, 0.3) is 0 Å². The Hall–Kier alpha value is -2.07. The summed E-state index contributed by atoms with van der Waals surface area (Å²) in [7, 11) is 1.86. The van der Waals surface area contributed by atoms with Crippen LogP contribution in [0, 0.1) is 6.92 Å². The Kier molecular flexibility index (Phi) is 4.48. The number of aryl methyl sites for hydroxylation is 1. The highest BCUT2D eigenvalue weighted by Gasteiger charge is 2.20. The minimum absolute atomic E-state index is 0.0569. The number of carboxylic acids is 1. The van der Waals surface area contributed by atoms with Crippen molar-refractivity contribution in [1.82, 2.24) is 4.98 Å². The van der Waals surface area contributed by atoms with E-state index in [2.05, 4.69) is 4.98 Å². The van der Waals surface area contributed by atoms with Crippen LogP contribution in [0.2, 0.25) is 5.02 Å². The first-order valence-corrected chi connectivity index (χ1v) is 6.96. The van der Waals surface area contributed by atoms with Crippen LogP contribution in [0.15, 0.2) is 36.5 Å². The molecule has 0 radical (unpaired) electrons. The van der Waals surface area contributed by atoms with E-state index >= 15 is 0 Å². The van der Waals surface area contributed by atoms with Gasteiger partial charge in [-0.25, -0.2) is 4.79 Å². The molecule has 0 aliphatic heterocycles. The van der Waals surface area contributed by atoms with Gasteiger partial charge in [0.1, 0.15) is 5.56 Å². The lowest BCUT2D eigenvalue weighted by Gasteiger charge is -2.29. The molecule has 4 nitrogen and oxygen atoms in total. The van der Waals surface area contributed by atoms with Crippen molar-refractivity contribution in [2.75, 3.05) is 11.9 Å². The van der Waals surface area contributed by atoms with E-state index in [9.17, 15) is 9.90 Å². The topological polar surface area (TPSA) is 53.4 Å². The average molecular weight is 305 g/mol. The molecule has 2 rings (SSSR count). The molecule has 0 saturated carbocycles. The van der Waals surface area contributed by atoms with E-state index in [0.717, 1.165) is 11.3 Å². The van der Waals surface area contributed by atoms with Crippen LogP contribution >= 0.6 is 11.6 Å². The fourth-order valence-electron chi connectivity index (χ4n) is 2.23. The number of hydrogen-bond donors (Lipinski definition) is 1. The molecule has 0 bridgehead atoms. The zero-order valence-corrected chi connectivity index (χ0v) is 12.9. The van der Waals surface area contributed by atoms with Gasteiger partial charge in [0.15, 0.2) is 0 Å². The summed E-state index contributed by atoms with van der Waals surface area (Å²) < 4.78 is 0. The summed E-state index contributed by atoms with van der Waals surface area (Å²) in [5, 5.41) is 9.99. The third-order valence-electron chi connectivity index (χ3n) is 3.57. The minimum atomic E-state index is -0.990. The molecule has 0 aliphatic rings. The second kappa shape index (κ2) is 6.14. The Bertz CT molecular complexity index is 673. The van der Waals surface area contributed by atoms with Gasteiger partial charge in [0.05, 0.1) is 11.7 Å². The van der Waals surface area contributed by atoms with E-state index in [-0.39, 0.29) is 11.6 Å². The first-order valence-electron chi connectivity index (χ1n) is 6.59. The summed E-state index contributed by atoms with van der Waals surface area (Å²) in [6.07, 6.45) is 1.39. The van der Waals surface area contributed by atoms with Crippen LogP contribution < -0.4 is 4.90 Å². The van der Waals surface area contributed by atoms with Crippen LogP contribution in [0.3, 0.4) is 0 Å². The Morgan fingerprint density at radius 1 is 1.38 bits per heavy atom. The van der Waals surface area contributed by atoms with Crippen LogP contribution in [-0.2, 0) is 0 Å². The van der Waals surface area contributed by atoms with Crippen molar-refractivity contribution < 1.29 is 9.90 Å². The standard InChI is InChI=1S/C16H17ClN2O2/c1-10-8-15(13(9-18-10)16(20)21)19(3)11(2)12-6-4-5-7-14(12)17/h4-9,11H,1-3H3,(H,20,21). The van der Waals surface area contributed by atoms with Crippen molar-refractivity contribution in [3.8, 4) is 0 Å². The second-order valence-corrected chi connectivity index (χ2v) is 5.36. The Morgan fingerprint density at radius 3 is 2.67 bits per heavy atom. The van der Waals surface area contributed by atoms with Gasteiger partial charge >= 0.3 is 5.97 Å². The van der Waals surface area contributed by atoms with E-state index in [1.807, 2.05) is 50.1 Å². The van der Waals surface area contributed by atoms with Gasteiger partial charge in [-0.15, -0.1) is 0 Å². The number of halogens is 1. The molecule has 1 aromatic carbocycles. The molecule has 1 N–H and O–H groups in total. The third-order valence-corrected chi connectivity index (χ3v) is 3.91. The number of carboxylic acid groups (broad SMARTS) is 1. The van der Waals surface area contributed by atoms with Crippen molar-refractivity contribution in [1.29, 1.82) is 0 Å². The van der Waals surface area contributed by atoms with Gasteiger partial charge in [0.25, 0.3) is 0 Å². The van der Waals surface area contributed by atoms with Crippen molar-refractivity contribution in [3.63, 3.8) is 0 Å². The highest BCUT2D eigenvalue weighted by Crippen LogP contribution is 2.31. The fourth-order valence-corrected chi connectivity index (χ4v) is 2.53. The maximum Gasteiger partial charge on any atom is 0.339 e. The van der Waals surface area contributed by atoms with Crippen LogP contribution in [0.5, 0.6) is 0 Å². The lowest BCUT2D eigenvalue weighted by atomic mass is 10.1. The predicted octanol–water partition coefficient (Wildman–Crippen LogP) is 3.94. The molecule has 1 atom stereocenters. The quantitative estimate of drug-likeness (QED) is 0.929. The molecule has 0 spiro atoms. The number of benzene rings is 1. The van der Waals surface area contributed by atoms with Gasteiger partial charge in [-0.1, -0.05) is 29.8 Å². The van der Waals surface area contributed by atoms with Gasteiger partial charge in [-0.05, 0) is 31.5 Å². The van der Waals surface area contributed by atoms with E-state index in [0.29, 0.717) is 10.7 Å². The number of aromatic carboxylic acids is 1. The average Bonchev–Trinajstić information content (AvgIpc) is 2.45. The first-order chi connectivity index (χ1) is 9.91. The normalized spacial score (nSPS) is 12.0. The smallest absolute Gasteiger partial charge is 0.339 e. The van der Waals surface area contributed by atoms with Gasteiger partial charge in [0.2, 0.25) is 0 Å². The summed E-state index contributed by atoms with van der Waals surface area (Å²) in [4.78, 5) is 17.3. The molecular weight excluding hydrogens is 288 g/mol. The van der Waals surface area contributed by atoms with Gasteiger partial charge in [-0.2, -0.15) is 0 Å². The van der Waals surface area contributed by atoms with E-state index in [4.69, 9.17) is 11.6 Å². The van der Waals surface area contributed by atoms with Crippen LogP contribution in [0.4, 0.5) is 5.69 Å². The maximum absolute atomic E-state index is 11.4. The van der Waals surface area contributed by atoms with E-state index in [1.165, 1.54) is 6.20 Å². The molecule has 0 fully saturated rings. The summed E-state index contributed by atoms with van der Waals surface area (Å²) >= 11 is 6.23. The van der Waals surface area contributed by atoms with E-state index < -0.39 is 5.97 Å². The number of carbonyl (C=O) groups is 1. The number of rotatable bonds is 4. The largest absolute Gasteiger partial charge is 0.478 e. The van der Waals surface area contributed by atoms with Crippen molar-refractivity contribution in [2.24, 2.45) is 0 Å². The predicted molar refractivity (Wildman–Crippen MR) is 84.2 cm³/mol. The summed E-state index contributed by atoms with van der Waals surface area (Å²) in [6, 6.07) is 9.28. The lowest BCUT2D eigenvalue weighted by molar-refractivity contribution is 0.0697. The number of anilines is 1. The zero-order valence-electron chi connectivity index (χ0n) is 12.2. The summed E-state index contributed by atoms with van der Waals surface area (Å²) in [5.74, 6) is -0.990. The third kappa shape index (κ3) is 3.16. The zero-order chi connectivity index (χ0) is 15.6. The lowest BCUT2D eigenvalue weighted by Crippen LogP contribution is -2.24. The van der Waals surface area contributed by atoms with Crippen LogP contribution in [0.1, 0.15) is 34.6 Å². The molecule has 0 amide bonds. The Balaban J connectivity index is 2.44. The highest BCUT2D eigenvalue weighted by molar-refractivity contribution is 6.31. The monoisotopic (exact) mass is 304 g/mol. The Morgan fingerprint density at radius 2 is 2.05 bits per heavy atom. The molecular formula is C16H17ClN2O2. The van der Waals surface area contributed by atoms with Crippen LogP contribution in [-0.4, -0.2) is 23.1 Å². The fraction of sp³-hybridized carbons (Fsp3) is 0.250. The summed E-state index contributed by atoms with van der Waals surface area (Å²) in [6.45, 7) is 3.83. The second-order valence-electron chi connectivity index (χ2n) is 4.96. The molecule has 0 aliphatic carbocycles. The minimum Gasteiger partial charge on any atom is -0.478 e. The molecule has 2 aromatic rings. The van der Waals surface area contributed by atoms with Crippen molar-refractivity contribution >= 4 is 23.3 Å². The Labute approximate surface area is 129 Å². The van der Waals surface area contributed by atoms with Crippen molar-refractivity contribution in [2.45, 2.75) is 19.9 Å². The number of aromatic nitrogens is 1. The molecule has 0 saturated heterocycles.